The molecule has 3 rings (SSSR count). The number of nitrogens with zero attached hydrogens (tertiary/aromatic N) is 1. The van der Waals surface area contributed by atoms with Crippen molar-refractivity contribution < 1.29 is 0 Å². The third-order valence-corrected chi connectivity index (χ3v) is 3.26. The smallest absolute Gasteiger partial charge is 0.305 e. The Hall–Kier alpha value is -2.00. The third-order valence-electron chi connectivity index (χ3n) is 3.01. The van der Waals surface area contributed by atoms with Crippen molar-refractivity contribution in [1.29, 1.82) is 0 Å². The number of nitrogens with one attached hydrogen (secondary N) is 1. The van der Waals surface area contributed by atoms with Gasteiger partial charge in [-0.15, -0.1) is 0 Å². The second-order valence-corrected chi connectivity index (χ2v) is 4.65. The van der Waals surface area contributed by atoms with Crippen molar-refractivity contribution in [2.75, 3.05) is 0 Å². The number of aromatic nitrogens is 2. The van der Waals surface area contributed by atoms with Crippen LogP contribution in [-0.4, -0.2) is 9.55 Å². The van der Waals surface area contributed by atoms with Crippen LogP contribution in [0.5, 0.6) is 0 Å². The summed E-state index contributed by atoms with van der Waals surface area (Å²) < 4.78 is 1.65. The number of rotatable bonds is 1. The van der Waals surface area contributed by atoms with Crippen molar-refractivity contribution in [3.63, 3.8) is 0 Å². The molecule has 0 unspecified atom stereocenters. The largest absolute Gasteiger partial charge is 0.331 e. The molecule has 0 spiro atoms. The number of imidazole rings is 1. The predicted molar refractivity (Wildman–Crippen MR) is 73.6 cm³/mol. The minimum atomic E-state index is -0.137. The van der Waals surface area contributed by atoms with Crippen LogP contribution in [0.1, 0.15) is 5.56 Å². The predicted octanol–water partition coefficient (Wildman–Crippen LogP) is 3.28. The molecule has 3 aromatic rings. The molecule has 18 heavy (non-hydrogen) atoms. The maximum Gasteiger partial charge on any atom is 0.331 e. The number of para-hydroxylation sites is 1. The van der Waals surface area contributed by atoms with E-state index in [0.717, 1.165) is 22.3 Å². The number of benzene rings is 2. The summed E-state index contributed by atoms with van der Waals surface area (Å²) in [7, 11) is 0. The fraction of sp³-hybridized carbons (Fsp3) is 0.0714. The summed E-state index contributed by atoms with van der Waals surface area (Å²) in [6.07, 6.45) is 0. The van der Waals surface area contributed by atoms with Crippen LogP contribution < -0.4 is 5.69 Å². The van der Waals surface area contributed by atoms with Crippen molar-refractivity contribution in [3.05, 3.63) is 63.5 Å². The van der Waals surface area contributed by atoms with Gasteiger partial charge >= 0.3 is 5.69 Å². The monoisotopic (exact) mass is 258 g/mol. The summed E-state index contributed by atoms with van der Waals surface area (Å²) >= 11 is 5.86. The third kappa shape index (κ3) is 1.64. The summed E-state index contributed by atoms with van der Waals surface area (Å²) in [5.74, 6) is 0. The molecule has 90 valence electrons. The number of aromatic amines is 1. The molecule has 0 radical (unpaired) electrons. The Balaban J connectivity index is 2.35. The Morgan fingerprint density at radius 3 is 2.56 bits per heavy atom. The normalized spacial score (nSPS) is 11.0. The van der Waals surface area contributed by atoms with Crippen LogP contribution in [0.4, 0.5) is 0 Å². The van der Waals surface area contributed by atoms with Crippen molar-refractivity contribution in [1.82, 2.24) is 9.55 Å². The average molecular weight is 259 g/mol. The molecule has 0 saturated carbocycles. The highest BCUT2D eigenvalue weighted by Crippen LogP contribution is 2.19. The lowest BCUT2D eigenvalue weighted by Gasteiger charge is -2.03. The van der Waals surface area contributed by atoms with Gasteiger partial charge in [0.2, 0.25) is 0 Å². The molecule has 1 N–H and O–H groups in total. The fourth-order valence-electron chi connectivity index (χ4n) is 2.12. The minimum absolute atomic E-state index is 0.137. The molecule has 0 amide bonds. The van der Waals surface area contributed by atoms with Gasteiger partial charge < -0.3 is 4.98 Å². The first kappa shape index (κ1) is 11.1. The van der Waals surface area contributed by atoms with E-state index in [1.807, 2.05) is 37.3 Å². The molecule has 0 saturated heterocycles. The molecule has 3 nitrogen and oxygen atoms in total. The van der Waals surface area contributed by atoms with E-state index in [9.17, 15) is 4.79 Å². The molecule has 0 fully saturated rings. The first-order valence-corrected chi connectivity index (χ1v) is 6.01. The van der Waals surface area contributed by atoms with Crippen LogP contribution in [0.2, 0.25) is 5.02 Å². The van der Waals surface area contributed by atoms with E-state index in [1.54, 1.807) is 16.7 Å². The van der Waals surface area contributed by atoms with Crippen LogP contribution in [0, 0.1) is 6.92 Å². The lowest BCUT2D eigenvalue weighted by Crippen LogP contribution is -2.14. The van der Waals surface area contributed by atoms with Gasteiger partial charge in [-0.25, -0.2) is 4.79 Å². The first-order chi connectivity index (χ1) is 8.66. The molecule has 0 aliphatic rings. The van der Waals surface area contributed by atoms with Crippen molar-refractivity contribution in [2.24, 2.45) is 0 Å². The highest BCUT2D eigenvalue weighted by Gasteiger charge is 2.09. The van der Waals surface area contributed by atoms with Gasteiger partial charge in [0, 0.05) is 5.02 Å². The summed E-state index contributed by atoms with van der Waals surface area (Å²) in [5, 5.41) is 0.655. The van der Waals surface area contributed by atoms with E-state index >= 15 is 0 Å². The maximum absolute atomic E-state index is 12.1. The van der Waals surface area contributed by atoms with E-state index in [4.69, 9.17) is 11.6 Å². The Labute approximate surface area is 109 Å². The first-order valence-electron chi connectivity index (χ1n) is 5.63. The van der Waals surface area contributed by atoms with E-state index in [1.165, 1.54) is 0 Å². The van der Waals surface area contributed by atoms with Gasteiger partial charge in [0.15, 0.2) is 0 Å². The lowest BCUT2D eigenvalue weighted by molar-refractivity contribution is 1.02. The summed E-state index contributed by atoms with van der Waals surface area (Å²) in [6, 6.07) is 13.1. The van der Waals surface area contributed by atoms with E-state index in [0.29, 0.717) is 5.02 Å². The second kappa shape index (κ2) is 4.03. The van der Waals surface area contributed by atoms with Gasteiger partial charge in [-0.05, 0) is 42.8 Å². The Morgan fingerprint density at radius 1 is 1.11 bits per heavy atom. The molecule has 0 bridgehead atoms. The molecular weight excluding hydrogens is 248 g/mol. The molecule has 0 aliphatic carbocycles. The molecule has 1 heterocycles. The Bertz CT molecular complexity index is 769. The zero-order valence-corrected chi connectivity index (χ0v) is 10.5. The van der Waals surface area contributed by atoms with Crippen molar-refractivity contribution in [3.8, 4) is 5.69 Å². The van der Waals surface area contributed by atoms with Crippen molar-refractivity contribution in [2.45, 2.75) is 6.92 Å². The van der Waals surface area contributed by atoms with Gasteiger partial charge in [0.25, 0.3) is 0 Å². The maximum atomic E-state index is 12.1. The zero-order valence-electron chi connectivity index (χ0n) is 9.77. The molecule has 4 heteroatoms. The number of H-pyrrole nitrogens is 1. The van der Waals surface area contributed by atoms with Gasteiger partial charge in [0.1, 0.15) is 0 Å². The number of aryl methyl sites for hydroxylation is 1. The van der Waals surface area contributed by atoms with E-state index in [2.05, 4.69) is 4.98 Å². The zero-order chi connectivity index (χ0) is 12.7. The molecule has 2 aromatic carbocycles. The van der Waals surface area contributed by atoms with E-state index < -0.39 is 0 Å². The van der Waals surface area contributed by atoms with Crippen LogP contribution >= 0.6 is 11.6 Å². The number of halogens is 1. The van der Waals surface area contributed by atoms with Gasteiger partial charge in [-0.2, -0.15) is 0 Å². The van der Waals surface area contributed by atoms with Crippen LogP contribution in [0.15, 0.2) is 47.3 Å². The molecular formula is C14H11ClN2O. The topological polar surface area (TPSA) is 37.8 Å². The van der Waals surface area contributed by atoms with Crippen LogP contribution in [0.25, 0.3) is 16.7 Å². The number of hydrogen-bond donors (Lipinski definition) is 1. The minimum Gasteiger partial charge on any atom is -0.305 e. The SMILES string of the molecule is Cc1cccc2c1[nH]c(=O)n2-c1ccc(Cl)cc1. The summed E-state index contributed by atoms with van der Waals surface area (Å²) in [6.45, 7) is 1.98. The highest BCUT2D eigenvalue weighted by atomic mass is 35.5. The Morgan fingerprint density at radius 2 is 1.83 bits per heavy atom. The lowest BCUT2D eigenvalue weighted by atomic mass is 10.2. The van der Waals surface area contributed by atoms with Gasteiger partial charge in [-0.1, -0.05) is 23.7 Å². The number of fused-ring (bicyclic) bond motifs is 1. The fourth-order valence-corrected chi connectivity index (χ4v) is 2.25. The second-order valence-electron chi connectivity index (χ2n) is 4.21. The van der Waals surface area contributed by atoms with Gasteiger partial charge in [0.05, 0.1) is 16.7 Å². The molecule has 1 aromatic heterocycles. The highest BCUT2D eigenvalue weighted by molar-refractivity contribution is 6.30. The summed E-state index contributed by atoms with van der Waals surface area (Å²) in [4.78, 5) is 14.9. The molecule has 0 aliphatic heterocycles. The van der Waals surface area contributed by atoms with Crippen LogP contribution in [-0.2, 0) is 0 Å². The number of hydrogen-bond acceptors (Lipinski definition) is 1. The van der Waals surface area contributed by atoms with Gasteiger partial charge in [-0.3, -0.25) is 4.57 Å². The standard InChI is InChI=1S/C14H11ClN2O/c1-9-3-2-4-12-13(9)16-14(18)17(12)11-7-5-10(15)6-8-11/h2-8H,1H3,(H,16,18). The quantitative estimate of drug-likeness (QED) is 0.715. The Kier molecular flexibility index (Phi) is 2.49. The molecule has 0 atom stereocenters. The average Bonchev–Trinajstić information content (AvgIpc) is 2.69. The van der Waals surface area contributed by atoms with Crippen molar-refractivity contribution >= 4 is 22.6 Å². The van der Waals surface area contributed by atoms with Crippen LogP contribution in [0.3, 0.4) is 0 Å². The summed E-state index contributed by atoms with van der Waals surface area (Å²) in [5.41, 5.74) is 3.47. The van der Waals surface area contributed by atoms with E-state index in [-0.39, 0.29) is 5.69 Å².